The Labute approximate surface area is 104 Å². The Kier molecular flexibility index (Phi) is 3.69. The lowest BCUT2D eigenvalue weighted by Gasteiger charge is -2.23. The van der Waals surface area contributed by atoms with E-state index < -0.39 is 0 Å². The summed E-state index contributed by atoms with van der Waals surface area (Å²) in [6.45, 7) is 1.93. The van der Waals surface area contributed by atoms with Crippen molar-refractivity contribution in [2.75, 3.05) is 13.2 Å². The highest BCUT2D eigenvalue weighted by Crippen LogP contribution is 2.16. The van der Waals surface area contributed by atoms with Gasteiger partial charge in [-0.05, 0) is 12.8 Å². The Balaban J connectivity index is 2.29. The average Bonchev–Trinajstić information content (AvgIpc) is 2.33. The molecule has 1 aromatic heterocycles. The molecule has 0 bridgehead atoms. The van der Waals surface area contributed by atoms with Gasteiger partial charge in [-0.25, -0.2) is 4.79 Å². The molecule has 1 atom stereocenters. The fourth-order valence-corrected chi connectivity index (χ4v) is 2.25. The fraction of sp³-hybridized carbons (Fsp3) is 0.636. The van der Waals surface area contributed by atoms with Gasteiger partial charge < -0.3 is 4.74 Å². The van der Waals surface area contributed by atoms with Gasteiger partial charge in [-0.3, -0.25) is 13.9 Å². The van der Waals surface area contributed by atoms with E-state index in [4.69, 9.17) is 16.3 Å². The molecule has 94 valence electrons. The minimum absolute atomic E-state index is 0.198. The molecule has 1 aromatic rings. The lowest BCUT2D eigenvalue weighted by Crippen LogP contribution is -2.39. The maximum absolute atomic E-state index is 11.9. The first kappa shape index (κ1) is 12.4. The average molecular weight is 259 g/mol. The quantitative estimate of drug-likeness (QED) is 0.731. The number of hydrogen-bond acceptors (Lipinski definition) is 3. The predicted molar refractivity (Wildman–Crippen MR) is 64.5 cm³/mol. The maximum Gasteiger partial charge on any atom is 0.331 e. The van der Waals surface area contributed by atoms with Crippen LogP contribution in [0.25, 0.3) is 0 Å². The molecule has 6 heteroatoms. The standard InChI is InChI=1S/C11H15ClN2O3/c1-13-10(15)5-9(12)14(11(13)16)6-8-3-2-4-17-7-8/h5,8H,2-4,6-7H2,1H3/t8-/m0/s1. The monoisotopic (exact) mass is 258 g/mol. The Bertz CT molecular complexity index is 514. The minimum Gasteiger partial charge on any atom is -0.381 e. The first-order valence-corrected chi connectivity index (χ1v) is 6.01. The van der Waals surface area contributed by atoms with Crippen molar-refractivity contribution in [1.82, 2.24) is 9.13 Å². The van der Waals surface area contributed by atoms with E-state index in [2.05, 4.69) is 0 Å². The molecule has 0 N–H and O–H groups in total. The van der Waals surface area contributed by atoms with Crippen LogP contribution in [0.15, 0.2) is 15.7 Å². The molecule has 1 aliphatic rings. The number of rotatable bonds is 2. The summed E-state index contributed by atoms with van der Waals surface area (Å²) in [7, 11) is 1.45. The highest BCUT2D eigenvalue weighted by Gasteiger charge is 2.17. The molecule has 17 heavy (non-hydrogen) atoms. The zero-order valence-electron chi connectivity index (χ0n) is 9.69. The molecule has 0 unspecified atom stereocenters. The largest absolute Gasteiger partial charge is 0.381 e. The summed E-state index contributed by atoms with van der Waals surface area (Å²) in [6, 6.07) is 1.27. The van der Waals surface area contributed by atoms with Crippen LogP contribution in [-0.4, -0.2) is 22.3 Å². The van der Waals surface area contributed by atoms with Crippen molar-refractivity contribution in [3.63, 3.8) is 0 Å². The second-order valence-corrected chi connectivity index (χ2v) is 4.73. The molecule has 5 nitrogen and oxygen atoms in total. The lowest BCUT2D eigenvalue weighted by molar-refractivity contribution is 0.0477. The second-order valence-electron chi connectivity index (χ2n) is 4.34. The summed E-state index contributed by atoms with van der Waals surface area (Å²) in [5, 5.41) is 0.198. The summed E-state index contributed by atoms with van der Waals surface area (Å²) >= 11 is 5.93. The predicted octanol–water partition coefficient (Wildman–Crippen LogP) is 0.627. The first-order valence-electron chi connectivity index (χ1n) is 5.63. The maximum atomic E-state index is 11.9. The molecule has 1 aliphatic heterocycles. The van der Waals surface area contributed by atoms with Crippen molar-refractivity contribution in [2.24, 2.45) is 13.0 Å². The Morgan fingerprint density at radius 2 is 2.29 bits per heavy atom. The number of nitrogens with zero attached hydrogens (tertiary/aromatic N) is 2. The van der Waals surface area contributed by atoms with E-state index in [1.807, 2.05) is 0 Å². The molecule has 1 fully saturated rings. The number of hydrogen-bond donors (Lipinski definition) is 0. The van der Waals surface area contributed by atoms with Crippen LogP contribution in [0, 0.1) is 5.92 Å². The molecule has 2 rings (SSSR count). The van der Waals surface area contributed by atoms with Gasteiger partial charge in [-0.15, -0.1) is 0 Å². The number of aromatic nitrogens is 2. The van der Waals surface area contributed by atoms with Crippen molar-refractivity contribution in [2.45, 2.75) is 19.4 Å². The van der Waals surface area contributed by atoms with Gasteiger partial charge >= 0.3 is 5.69 Å². The Morgan fingerprint density at radius 1 is 1.53 bits per heavy atom. The van der Waals surface area contributed by atoms with Crippen LogP contribution in [0.2, 0.25) is 5.15 Å². The molecular weight excluding hydrogens is 244 g/mol. The van der Waals surface area contributed by atoms with E-state index in [9.17, 15) is 9.59 Å². The third-order valence-corrected chi connectivity index (χ3v) is 3.36. The van der Waals surface area contributed by atoms with Crippen LogP contribution in [0.5, 0.6) is 0 Å². The summed E-state index contributed by atoms with van der Waals surface area (Å²) < 4.78 is 7.86. The van der Waals surface area contributed by atoms with Crippen LogP contribution in [0.3, 0.4) is 0 Å². The van der Waals surface area contributed by atoms with E-state index in [1.165, 1.54) is 17.7 Å². The summed E-state index contributed by atoms with van der Waals surface area (Å²) in [6.07, 6.45) is 2.02. The van der Waals surface area contributed by atoms with E-state index in [0.29, 0.717) is 13.2 Å². The van der Waals surface area contributed by atoms with Gasteiger partial charge in [0.05, 0.1) is 6.61 Å². The summed E-state index contributed by atoms with van der Waals surface area (Å²) in [4.78, 5) is 23.2. The van der Waals surface area contributed by atoms with Crippen LogP contribution >= 0.6 is 11.6 Å². The molecule has 1 saturated heterocycles. The van der Waals surface area contributed by atoms with Crippen molar-refractivity contribution < 1.29 is 4.74 Å². The zero-order chi connectivity index (χ0) is 12.4. The number of halogens is 1. The Morgan fingerprint density at radius 3 is 2.94 bits per heavy atom. The van der Waals surface area contributed by atoms with E-state index >= 15 is 0 Å². The van der Waals surface area contributed by atoms with Crippen molar-refractivity contribution in [3.05, 3.63) is 32.1 Å². The van der Waals surface area contributed by atoms with Crippen LogP contribution < -0.4 is 11.2 Å². The summed E-state index contributed by atoms with van der Waals surface area (Å²) in [5.41, 5.74) is -0.746. The fourth-order valence-electron chi connectivity index (χ4n) is 2.02. The van der Waals surface area contributed by atoms with Crippen LogP contribution in [0.4, 0.5) is 0 Å². The van der Waals surface area contributed by atoms with Gasteiger partial charge in [0.2, 0.25) is 0 Å². The molecule has 0 spiro atoms. The van der Waals surface area contributed by atoms with Gasteiger partial charge in [0.1, 0.15) is 5.15 Å². The molecule has 0 amide bonds. The third kappa shape index (κ3) is 2.61. The van der Waals surface area contributed by atoms with E-state index in [-0.39, 0.29) is 22.3 Å². The normalized spacial score (nSPS) is 20.5. The van der Waals surface area contributed by atoms with Gasteiger partial charge in [0.15, 0.2) is 0 Å². The van der Waals surface area contributed by atoms with Crippen LogP contribution in [-0.2, 0) is 18.3 Å². The van der Waals surface area contributed by atoms with Crippen molar-refractivity contribution in [3.8, 4) is 0 Å². The SMILES string of the molecule is Cn1c(=O)cc(Cl)n(C[C@@H]2CCCOC2)c1=O. The number of ether oxygens (including phenoxy) is 1. The highest BCUT2D eigenvalue weighted by atomic mass is 35.5. The molecule has 0 saturated carbocycles. The van der Waals surface area contributed by atoms with Crippen LogP contribution in [0.1, 0.15) is 12.8 Å². The van der Waals surface area contributed by atoms with Crippen molar-refractivity contribution in [1.29, 1.82) is 0 Å². The topological polar surface area (TPSA) is 53.2 Å². The smallest absolute Gasteiger partial charge is 0.331 e. The van der Waals surface area contributed by atoms with Gasteiger partial charge in [0.25, 0.3) is 5.56 Å². The van der Waals surface area contributed by atoms with Gasteiger partial charge in [0, 0.05) is 32.2 Å². The molecule has 0 aromatic carbocycles. The Hall–Kier alpha value is -1.07. The molecule has 0 aliphatic carbocycles. The van der Waals surface area contributed by atoms with Crippen molar-refractivity contribution >= 4 is 11.6 Å². The third-order valence-electron chi connectivity index (χ3n) is 3.04. The van der Waals surface area contributed by atoms with E-state index in [1.54, 1.807) is 0 Å². The van der Waals surface area contributed by atoms with E-state index in [0.717, 1.165) is 24.0 Å². The van der Waals surface area contributed by atoms with Gasteiger partial charge in [-0.1, -0.05) is 11.6 Å². The molecule has 0 radical (unpaired) electrons. The first-order chi connectivity index (χ1) is 8.09. The minimum atomic E-state index is -0.379. The van der Waals surface area contributed by atoms with Gasteiger partial charge in [-0.2, -0.15) is 0 Å². The highest BCUT2D eigenvalue weighted by molar-refractivity contribution is 6.29. The molecule has 2 heterocycles. The molecular formula is C11H15ClN2O3. The summed E-state index contributed by atoms with van der Waals surface area (Å²) in [5.74, 6) is 0.288. The zero-order valence-corrected chi connectivity index (χ0v) is 10.4. The second kappa shape index (κ2) is 5.06. The lowest BCUT2D eigenvalue weighted by atomic mass is 10.0.